The van der Waals surface area contributed by atoms with Gasteiger partial charge in [-0.3, -0.25) is 4.79 Å². The zero-order chi connectivity index (χ0) is 20.4. The normalized spacial score (nSPS) is 17.1. The maximum absolute atomic E-state index is 12.4. The lowest BCUT2D eigenvalue weighted by molar-refractivity contribution is 0.154. The van der Waals surface area contributed by atoms with E-state index < -0.39 is 0 Å². The number of piperidine rings is 1. The highest BCUT2D eigenvalue weighted by atomic mass is 16.3. The molecule has 0 amide bonds. The van der Waals surface area contributed by atoms with Crippen molar-refractivity contribution in [2.75, 3.05) is 23.3 Å². The van der Waals surface area contributed by atoms with Crippen molar-refractivity contribution in [1.82, 2.24) is 4.98 Å². The zero-order valence-corrected chi connectivity index (χ0v) is 17.1. The molecule has 3 aromatic rings. The van der Waals surface area contributed by atoms with Crippen molar-refractivity contribution < 1.29 is 5.11 Å². The van der Waals surface area contributed by atoms with E-state index in [1.165, 1.54) is 5.56 Å². The number of hydrogen-bond acceptors (Lipinski definition) is 4. The molecule has 2 aromatic carbocycles. The Balaban J connectivity index is 1.47. The van der Waals surface area contributed by atoms with Crippen molar-refractivity contribution >= 4 is 22.3 Å². The summed E-state index contributed by atoms with van der Waals surface area (Å²) in [5, 5.41) is 14.3. The minimum atomic E-state index is -0.239. The summed E-state index contributed by atoms with van der Waals surface area (Å²) in [7, 11) is 0. The average Bonchev–Trinajstić information content (AvgIpc) is 2.72. The summed E-state index contributed by atoms with van der Waals surface area (Å²) in [4.78, 5) is 17.7. The van der Waals surface area contributed by atoms with E-state index in [-0.39, 0.29) is 11.7 Å². The van der Waals surface area contributed by atoms with Crippen LogP contribution in [-0.4, -0.2) is 29.3 Å². The van der Waals surface area contributed by atoms with Crippen molar-refractivity contribution in [2.24, 2.45) is 0 Å². The predicted molar refractivity (Wildman–Crippen MR) is 120 cm³/mol. The lowest BCUT2D eigenvalue weighted by Crippen LogP contribution is -2.38. The fraction of sp³-hybridized carbons (Fsp3) is 0.375. The molecule has 1 unspecified atom stereocenters. The van der Waals surface area contributed by atoms with E-state index in [0.717, 1.165) is 47.2 Å². The number of aromatic amines is 1. The van der Waals surface area contributed by atoms with Gasteiger partial charge in [-0.05, 0) is 72.2 Å². The molecule has 152 valence electrons. The Morgan fingerprint density at radius 1 is 1.17 bits per heavy atom. The molecule has 4 rings (SSSR count). The summed E-state index contributed by atoms with van der Waals surface area (Å²) in [5.74, 6) is 0.451. The third-order valence-corrected chi connectivity index (χ3v) is 5.72. The second-order valence-corrected chi connectivity index (χ2v) is 8.27. The van der Waals surface area contributed by atoms with Gasteiger partial charge in [0.2, 0.25) is 0 Å². The van der Waals surface area contributed by atoms with Gasteiger partial charge >= 0.3 is 0 Å². The zero-order valence-electron chi connectivity index (χ0n) is 17.1. The molecule has 2 heterocycles. The number of rotatable bonds is 5. The molecule has 0 bridgehead atoms. The topological polar surface area (TPSA) is 68.4 Å². The highest BCUT2D eigenvalue weighted by Crippen LogP contribution is 2.23. The molecular weight excluding hydrogens is 362 g/mol. The number of fused-ring (bicyclic) bond motifs is 1. The molecule has 1 aromatic heterocycles. The third kappa shape index (κ3) is 4.46. The molecule has 3 N–H and O–H groups in total. The fourth-order valence-electron chi connectivity index (χ4n) is 3.94. The van der Waals surface area contributed by atoms with Gasteiger partial charge < -0.3 is 20.3 Å². The lowest BCUT2D eigenvalue weighted by atomic mass is 10.0. The molecule has 0 spiro atoms. The van der Waals surface area contributed by atoms with E-state index in [1.807, 2.05) is 24.3 Å². The van der Waals surface area contributed by atoms with Crippen LogP contribution >= 0.6 is 0 Å². The standard InChI is InChI=1S/C24H29N3O2/c1-16(2)17-5-10-23-18(12-17)13-19(24(29)26-23)14-25-20-6-8-21(9-7-20)27-11-3-4-22(28)15-27/h5-10,12-13,16,22,25,28H,3-4,11,14-15H2,1-2H3,(H,26,29). The molecule has 1 fully saturated rings. The number of β-amino-alcohol motifs (C(OH)–C–C–N with tert-alkyl or cyclic N) is 1. The molecule has 29 heavy (non-hydrogen) atoms. The smallest absolute Gasteiger partial charge is 0.253 e. The van der Waals surface area contributed by atoms with Crippen molar-refractivity contribution in [3.8, 4) is 0 Å². The van der Waals surface area contributed by atoms with Gasteiger partial charge in [0.15, 0.2) is 0 Å². The van der Waals surface area contributed by atoms with Gasteiger partial charge in [-0.25, -0.2) is 0 Å². The SMILES string of the molecule is CC(C)c1ccc2[nH]c(=O)c(CNc3ccc(N4CCCC(O)C4)cc3)cc2c1. The molecule has 1 saturated heterocycles. The number of aliphatic hydroxyl groups excluding tert-OH is 1. The highest BCUT2D eigenvalue weighted by Gasteiger charge is 2.17. The van der Waals surface area contributed by atoms with Gasteiger partial charge in [0.1, 0.15) is 0 Å². The van der Waals surface area contributed by atoms with Crippen LogP contribution in [0.3, 0.4) is 0 Å². The summed E-state index contributed by atoms with van der Waals surface area (Å²) in [6, 6.07) is 16.4. The second-order valence-electron chi connectivity index (χ2n) is 8.27. The van der Waals surface area contributed by atoms with E-state index in [2.05, 4.69) is 53.3 Å². The lowest BCUT2D eigenvalue weighted by Gasteiger charge is -2.32. The van der Waals surface area contributed by atoms with E-state index in [9.17, 15) is 9.90 Å². The summed E-state index contributed by atoms with van der Waals surface area (Å²) >= 11 is 0. The number of hydrogen-bond donors (Lipinski definition) is 3. The first-order chi connectivity index (χ1) is 14.0. The van der Waals surface area contributed by atoms with Crippen molar-refractivity contribution in [1.29, 1.82) is 0 Å². The largest absolute Gasteiger partial charge is 0.391 e. The second kappa shape index (κ2) is 8.29. The Morgan fingerprint density at radius 2 is 1.97 bits per heavy atom. The first-order valence-electron chi connectivity index (χ1n) is 10.4. The van der Waals surface area contributed by atoms with Crippen LogP contribution in [0, 0.1) is 0 Å². The van der Waals surface area contributed by atoms with E-state index in [1.54, 1.807) is 0 Å². The minimum absolute atomic E-state index is 0.0544. The maximum atomic E-state index is 12.4. The number of aliphatic hydroxyl groups is 1. The first-order valence-corrected chi connectivity index (χ1v) is 10.4. The van der Waals surface area contributed by atoms with E-state index >= 15 is 0 Å². The van der Waals surface area contributed by atoms with Crippen LogP contribution in [-0.2, 0) is 6.54 Å². The first kappa shape index (κ1) is 19.5. The van der Waals surface area contributed by atoms with E-state index in [0.29, 0.717) is 19.0 Å². The fourth-order valence-corrected chi connectivity index (χ4v) is 3.94. The Hall–Kier alpha value is -2.79. The van der Waals surface area contributed by atoms with Crippen LogP contribution in [0.2, 0.25) is 0 Å². The van der Waals surface area contributed by atoms with Crippen molar-refractivity contribution in [2.45, 2.75) is 45.3 Å². The van der Waals surface area contributed by atoms with Crippen LogP contribution in [0.15, 0.2) is 53.3 Å². The highest BCUT2D eigenvalue weighted by molar-refractivity contribution is 5.80. The number of nitrogens with zero attached hydrogens (tertiary/aromatic N) is 1. The Kier molecular flexibility index (Phi) is 5.58. The Bertz CT molecular complexity index is 1040. The number of aromatic nitrogens is 1. The van der Waals surface area contributed by atoms with Crippen LogP contribution in [0.1, 0.15) is 43.7 Å². The maximum Gasteiger partial charge on any atom is 0.253 e. The monoisotopic (exact) mass is 391 g/mol. The number of benzene rings is 2. The average molecular weight is 392 g/mol. The molecule has 1 aliphatic rings. The molecule has 1 aliphatic heterocycles. The molecule has 0 aliphatic carbocycles. The molecule has 1 atom stereocenters. The van der Waals surface area contributed by atoms with Crippen LogP contribution in [0.25, 0.3) is 10.9 Å². The molecular formula is C24H29N3O2. The molecule has 0 saturated carbocycles. The summed E-state index contributed by atoms with van der Waals surface area (Å²) in [5.41, 5.74) is 4.90. The van der Waals surface area contributed by atoms with Crippen LogP contribution < -0.4 is 15.8 Å². The van der Waals surface area contributed by atoms with Crippen molar-refractivity contribution in [3.05, 3.63) is 70.0 Å². The third-order valence-electron chi connectivity index (χ3n) is 5.72. The van der Waals surface area contributed by atoms with Gasteiger partial charge in [0.05, 0.1) is 6.10 Å². The van der Waals surface area contributed by atoms with Gasteiger partial charge in [0.25, 0.3) is 5.56 Å². The Morgan fingerprint density at radius 3 is 2.69 bits per heavy atom. The number of H-pyrrole nitrogens is 1. The Labute approximate surface area is 171 Å². The molecule has 5 heteroatoms. The van der Waals surface area contributed by atoms with Gasteiger partial charge in [-0.15, -0.1) is 0 Å². The quantitative estimate of drug-likeness (QED) is 0.609. The minimum Gasteiger partial charge on any atom is -0.391 e. The van der Waals surface area contributed by atoms with Gasteiger partial charge in [-0.2, -0.15) is 0 Å². The number of nitrogens with one attached hydrogen (secondary N) is 2. The van der Waals surface area contributed by atoms with Crippen molar-refractivity contribution in [3.63, 3.8) is 0 Å². The summed E-state index contributed by atoms with van der Waals surface area (Å²) in [6.45, 7) is 6.48. The predicted octanol–water partition coefficient (Wildman–Crippen LogP) is 4.22. The molecule has 5 nitrogen and oxygen atoms in total. The van der Waals surface area contributed by atoms with Gasteiger partial charge in [0, 0.05) is 42.1 Å². The van der Waals surface area contributed by atoms with Crippen LogP contribution in [0.5, 0.6) is 0 Å². The van der Waals surface area contributed by atoms with Crippen LogP contribution in [0.4, 0.5) is 11.4 Å². The summed E-state index contributed by atoms with van der Waals surface area (Å²) < 4.78 is 0. The van der Waals surface area contributed by atoms with Gasteiger partial charge in [-0.1, -0.05) is 19.9 Å². The summed E-state index contributed by atoms with van der Waals surface area (Å²) in [6.07, 6.45) is 1.66. The van der Waals surface area contributed by atoms with E-state index in [4.69, 9.17) is 0 Å². The molecule has 0 radical (unpaired) electrons. The number of pyridine rings is 1. The number of anilines is 2.